The van der Waals surface area contributed by atoms with Gasteiger partial charge in [0.15, 0.2) is 0 Å². The highest BCUT2D eigenvalue weighted by Gasteiger charge is 2.36. The molecule has 9 aromatic carbocycles. The van der Waals surface area contributed by atoms with Crippen LogP contribution in [-0.2, 0) is 0 Å². The predicted molar refractivity (Wildman–Crippen MR) is 248 cm³/mol. The maximum absolute atomic E-state index is 2.44. The molecule has 0 nitrogen and oxygen atoms in total. The van der Waals surface area contributed by atoms with Gasteiger partial charge in [0.1, 0.15) is 0 Å². The second-order valence-corrected chi connectivity index (χ2v) is 16.4. The van der Waals surface area contributed by atoms with Gasteiger partial charge in [0.05, 0.1) is 0 Å². The molecule has 0 N–H and O–H groups in total. The van der Waals surface area contributed by atoms with Gasteiger partial charge in [0.2, 0.25) is 0 Å². The number of allylic oxidation sites excluding steroid dienone is 2. The van der Waals surface area contributed by atoms with Crippen molar-refractivity contribution in [1.29, 1.82) is 0 Å². The number of benzene rings is 9. The Morgan fingerprint density at radius 2 is 0.339 bits per heavy atom. The molecule has 20 bridgehead atoms. The van der Waals surface area contributed by atoms with Crippen LogP contribution in [0.25, 0.3) is 100 Å². The lowest BCUT2D eigenvalue weighted by Gasteiger charge is -2.20. The quantitative estimate of drug-likeness (QED) is 0.136. The first-order chi connectivity index (χ1) is 29.2. The summed E-state index contributed by atoms with van der Waals surface area (Å²) in [5.74, 6) is 0.960. The Morgan fingerprint density at radius 3 is 0.508 bits per heavy atom. The fraction of sp³-hybridized carbons (Fsp3) is 0.0508. The van der Waals surface area contributed by atoms with Gasteiger partial charge in [0.25, 0.3) is 0 Å². The Labute approximate surface area is 346 Å². The minimum Gasteiger partial charge on any atom is -0.0803 e. The van der Waals surface area contributed by atoms with Gasteiger partial charge < -0.3 is 0 Å². The Morgan fingerprint density at radius 1 is 0.186 bits per heavy atom. The average molecular weight is 749 g/mol. The molecule has 59 heavy (non-hydrogen) atoms. The normalized spacial score (nSPS) is 15.3. The lowest BCUT2D eigenvalue weighted by Crippen LogP contribution is -2.00. The summed E-state index contributed by atoms with van der Waals surface area (Å²) < 4.78 is 0. The average Bonchev–Trinajstić information content (AvgIpc) is 3.96. The fourth-order valence-electron chi connectivity index (χ4n) is 9.88. The molecule has 36 rings (SSSR count). The van der Waals surface area contributed by atoms with Gasteiger partial charge in [-0.15, -0.1) is 0 Å². The lowest BCUT2D eigenvalue weighted by atomic mass is 9.83. The van der Waals surface area contributed by atoms with E-state index in [1.165, 1.54) is 118 Å². The molecule has 0 heteroatoms. The largest absolute Gasteiger partial charge is 0.0803 e. The van der Waals surface area contributed by atoms with E-state index in [1.54, 1.807) is 0 Å². The number of fused-ring (bicyclic) bond motifs is 2. The zero-order valence-electron chi connectivity index (χ0n) is 32.6. The van der Waals surface area contributed by atoms with Crippen molar-refractivity contribution >= 4 is 0 Å². The molecule has 0 amide bonds. The molecule has 9 aromatic rings. The van der Waals surface area contributed by atoms with Crippen LogP contribution in [0, 0.1) is 0 Å². The summed E-state index contributed by atoms with van der Waals surface area (Å²) in [5, 5.41) is 0. The van der Waals surface area contributed by atoms with Crippen LogP contribution in [0.4, 0.5) is 0 Å². The molecule has 0 fully saturated rings. The molecular weight excluding hydrogens is 709 g/mol. The van der Waals surface area contributed by atoms with E-state index in [-0.39, 0.29) is 0 Å². The minimum absolute atomic E-state index is 0.480. The van der Waals surface area contributed by atoms with Crippen molar-refractivity contribution in [2.24, 2.45) is 0 Å². The van der Waals surface area contributed by atoms with Gasteiger partial charge in [0, 0.05) is 11.8 Å². The van der Waals surface area contributed by atoms with E-state index in [9.17, 15) is 0 Å². The van der Waals surface area contributed by atoms with Crippen molar-refractivity contribution in [1.82, 2.24) is 0 Å². The van der Waals surface area contributed by atoms with E-state index < -0.39 is 0 Å². The molecule has 27 aliphatic carbocycles. The maximum atomic E-state index is 2.44. The van der Waals surface area contributed by atoms with Crippen LogP contribution in [0.5, 0.6) is 0 Å². The molecule has 0 aromatic heterocycles. The molecule has 276 valence electrons. The van der Waals surface area contributed by atoms with Gasteiger partial charge in [-0.05, 0) is 118 Å². The Kier molecular flexibility index (Phi) is 7.84. The molecule has 27 aliphatic rings. The summed E-state index contributed by atoms with van der Waals surface area (Å²) >= 11 is 0. The first-order valence-electron chi connectivity index (χ1n) is 20.9. The molecule has 0 unspecified atom stereocenters. The van der Waals surface area contributed by atoms with Gasteiger partial charge in [-0.3, -0.25) is 0 Å². The van der Waals surface area contributed by atoms with Crippen molar-refractivity contribution < 1.29 is 0 Å². The minimum atomic E-state index is 0.480. The highest BCUT2D eigenvalue weighted by atomic mass is 14.4. The van der Waals surface area contributed by atoms with Crippen molar-refractivity contribution in [3.05, 3.63) is 230 Å². The summed E-state index contributed by atoms with van der Waals surface area (Å²) in [5.41, 5.74) is 25.5. The molecular formula is C59H40. The SMILES string of the molecule is C1=C[C@H]2C[C@@H]1c1c3ccc(c12)-c1ccc(cc1)-c1ccc(cc1)-c1ccc(cc1)-c1ccc(cc1)-c1ccc(cc1)-c1ccc(cc1)-c1ccc(cc1)-c1ccc-3cc1. The summed E-state index contributed by atoms with van der Waals surface area (Å²) in [4.78, 5) is 0. The zero-order valence-corrected chi connectivity index (χ0v) is 32.6. The van der Waals surface area contributed by atoms with Crippen LogP contribution in [0.1, 0.15) is 29.4 Å². The molecule has 0 spiro atoms. The van der Waals surface area contributed by atoms with Gasteiger partial charge in [-0.2, -0.15) is 0 Å². The van der Waals surface area contributed by atoms with Gasteiger partial charge in [-0.25, -0.2) is 0 Å². The monoisotopic (exact) mass is 748 g/mol. The van der Waals surface area contributed by atoms with Gasteiger partial charge >= 0.3 is 0 Å². The molecule has 0 aliphatic heterocycles. The zero-order chi connectivity index (χ0) is 38.9. The molecule has 2 atom stereocenters. The van der Waals surface area contributed by atoms with Crippen LogP contribution in [0.15, 0.2) is 218 Å². The van der Waals surface area contributed by atoms with Crippen LogP contribution < -0.4 is 0 Å². The van der Waals surface area contributed by atoms with E-state index in [0.29, 0.717) is 11.8 Å². The molecule has 0 heterocycles. The number of hydrogen-bond donors (Lipinski definition) is 0. The van der Waals surface area contributed by atoms with Crippen LogP contribution in [0.3, 0.4) is 0 Å². The smallest absolute Gasteiger partial charge is 0.00363 e. The van der Waals surface area contributed by atoms with E-state index in [2.05, 4.69) is 218 Å². The first-order valence-corrected chi connectivity index (χ1v) is 20.9. The van der Waals surface area contributed by atoms with Crippen molar-refractivity contribution in [3.63, 3.8) is 0 Å². The van der Waals surface area contributed by atoms with Crippen LogP contribution in [-0.4, -0.2) is 0 Å². The summed E-state index contributed by atoms with van der Waals surface area (Å²) in [6.07, 6.45) is 6.06. The molecule has 0 saturated heterocycles. The van der Waals surface area contributed by atoms with E-state index >= 15 is 0 Å². The third-order valence-electron chi connectivity index (χ3n) is 13.1. The Balaban J connectivity index is 0.922. The number of rotatable bonds is 0. The molecule has 0 saturated carbocycles. The van der Waals surface area contributed by atoms with Crippen molar-refractivity contribution in [3.8, 4) is 100 Å². The Hall–Kier alpha value is -7.28. The highest BCUT2D eigenvalue weighted by molar-refractivity contribution is 5.84. The Bertz CT molecular complexity index is 2810. The maximum Gasteiger partial charge on any atom is 0.00363 e. The fourth-order valence-corrected chi connectivity index (χ4v) is 9.88. The van der Waals surface area contributed by atoms with E-state index in [1.807, 2.05) is 0 Å². The molecule has 0 radical (unpaired) electrons. The van der Waals surface area contributed by atoms with E-state index in [4.69, 9.17) is 0 Å². The lowest BCUT2D eigenvalue weighted by molar-refractivity contribution is 0.805. The van der Waals surface area contributed by atoms with E-state index in [0.717, 1.165) is 0 Å². The summed E-state index contributed by atoms with van der Waals surface area (Å²) in [6.45, 7) is 0. The second kappa shape index (κ2) is 13.7. The second-order valence-electron chi connectivity index (χ2n) is 16.4. The summed E-state index contributed by atoms with van der Waals surface area (Å²) in [6, 6.07) is 77.0. The highest BCUT2D eigenvalue weighted by Crippen LogP contribution is 2.55. The predicted octanol–water partition coefficient (Wildman–Crippen LogP) is 16.1. The van der Waals surface area contributed by atoms with Crippen molar-refractivity contribution in [2.75, 3.05) is 0 Å². The topological polar surface area (TPSA) is 0 Å². The van der Waals surface area contributed by atoms with Gasteiger partial charge in [-0.1, -0.05) is 218 Å². The standard InChI is InChI=1S/C59H40/c1-5-40-6-2-38(1)39-3-7-41(8-4-39)43-11-15-45(16-12-43)47-19-23-49(24-20-47)51-27-31-53(32-28-51)57-36-35-56(58-54-33-34-55(37-54)59(57)58)52-29-25-50(26-30-52)48-21-17-46(18-22-48)44-13-9-42(40)10-14-44/h1-36,54-55H,37H2/t54-,55+. The van der Waals surface area contributed by atoms with Crippen LogP contribution in [0.2, 0.25) is 0 Å². The van der Waals surface area contributed by atoms with Crippen molar-refractivity contribution in [2.45, 2.75) is 18.3 Å². The van der Waals surface area contributed by atoms with Crippen LogP contribution >= 0.6 is 0 Å². The third kappa shape index (κ3) is 5.91. The summed E-state index contributed by atoms with van der Waals surface area (Å²) in [7, 11) is 0. The first kappa shape index (κ1) is 33.8. The third-order valence-corrected chi connectivity index (χ3v) is 13.1. The number of hydrogen-bond acceptors (Lipinski definition) is 0.